The Balaban J connectivity index is 2.23. The highest BCUT2D eigenvalue weighted by Crippen LogP contribution is 2.26. The molecular weight excluding hydrogens is 231 g/mol. The Morgan fingerprint density at radius 2 is 1.50 bits per heavy atom. The van der Waals surface area contributed by atoms with E-state index in [4.69, 9.17) is 11.5 Å². The molecule has 0 amide bonds. The van der Waals surface area contributed by atoms with Crippen molar-refractivity contribution < 1.29 is 9.50 Å². The maximum absolute atomic E-state index is 12.8. The second-order valence-electron chi connectivity index (χ2n) is 4.20. The number of hydrogen-bond donors (Lipinski definition) is 3. The van der Waals surface area contributed by atoms with Gasteiger partial charge >= 0.3 is 0 Å². The van der Waals surface area contributed by atoms with Crippen molar-refractivity contribution in [1.29, 1.82) is 0 Å². The molecule has 94 valence electrons. The van der Waals surface area contributed by atoms with E-state index in [0.29, 0.717) is 0 Å². The first-order valence-corrected chi connectivity index (χ1v) is 5.63. The van der Waals surface area contributed by atoms with Crippen LogP contribution in [0.1, 0.15) is 23.2 Å². The zero-order valence-corrected chi connectivity index (χ0v) is 9.75. The van der Waals surface area contributed by atoms with E-state index < -0.39 is 12.1 Å². The minimum atomic E-state index is -0.456. The lowest BCUT2D eigenvalue weighted by molar-refractivity contribution is 0.472. The fourth-order valence-electron chi connectivity index (χ4n) is 1.83. The van der Waals surface area contributed by atoms with Crippen LogP contribution in [0.15, 0.2) is 48.5 Å². The van der Waals surface area contributed by atoms with Crippen molar-refractivity contribution in [2.75, 3.05) is 0 Å². The fourth-order valence-corrected chi connectivity index (χ4v) is 1.83. The Bertz CT molecular complexity index is 528. The molecule has 2 atom stereocenters. The van der Waals surface area contributed by atoms with Crippen LogP contribution in [0.3, 0.4) is 0 Å². The second kappa shape index (κ2) is 5.16. The summed E-state index contributed by atoms with van der Waals surface area (Å²) < 4.78 is 12.8. The van der Waals surface area contributed by atoms with Gasteiger partial charge in [0.05, 0.1) is 0 Å². The van der Waals surface area contributed by atoms with Crippen LogP contribution in [-0.4, -0.2) is 5.11 Å². The summed E-state index contributed by atoms with van der Waals surface area (Å²) in [6, 6.07) is 11.7. The number of halogens is 1. The monoisotopic (exact) mass is 246 g/mol. The molecule has 5 N–H and O–H groups in total. The van der Waals surface area contributed by atoms with Gasteiger partial charge in [0.25, 0.3) is 0 Å². The average molecular weight is 246 g/mol. The zero-order valence-electron chi connectivity index (χ0n) is 9.75. The largest absolute Gasteiger partial charge is 0.508 e. The number of nitrogens with two attached hydrogens (primary N) is 2. The molecule has 4 heteroatoms. The van der Waals surface area contributed by atoms with E-state index >= 15 is 0 Å². The Morgan fingerprint density at radius 1 is 0.889 bits per heavy atom. The topological polar surface area (TPSA) is 72.3 Å². The molecule has 0 radical (unpaired) electrons. The van der Waals surface area contributed by atoms with Gasteiger partial charge in [-0.25, -0.2) is 4.39 Å². The van der Waals surface area contributed by atoms with Crippen molar-refractivity contribution >= 4 is 0 Å². The van der Waals surface area contributed by atoms with Gasteiger partial charge in [0.1, 0.15) is 11.6 Å². The van der Waals surface area contributed by atoms with E-state index in [2.05, 4.69) is 0 Å². The highest BCUT2D eigenvalue weighted by Gasteiger charge is 2.17. The molecular formula is C14H15FN2O. The quantitative estimate of drug-likeness (QED) is 0.777. The van der Waals surface area contributed by atoms with E-state index in [1.165, 1.54) is 12.1 Å². The number of benzene rings is 2. The molecule has 0 spiro atoms. The highest BCUT2D eigenvalue weighted by molar-refractivity contribution is 5.32. The summed E-state index contributed by atoms with van der Waals surface area (Å²) in [7, 11) is 0. The first-order valence-electron chi connectivity index (χ1n) is 5.63. The molecule has 0 saturated carbocycles. The van der Waals surface area contributed by atoms with Crippen LogP contribution < -0.4 is 11.5 Å². The minimum Gasteiger partial charge on any atom is -0.508 e. The van der Waals surface area contributed by atoms with Crippen LogP contribution >= 0.6 is 0 Å². The molecule has 0 bridgehead atoms. The third-order valence-corrected chi connectivity index (χ3v) is 2.90. The van der Waals surface area contributed by atoms with Gasteiger partial charge in [-0.1, -0.05) is 24.3 Å². The van der Waals surface area contributed by atoms with Gasteiger partial charge in [-0.15, -0.1) is 0 Å². The second-order valence-corrected chi connectivity index (χ2v) is 4.20. The number of hydrogen-bond acceptors (Lipinski definition) is 3. The normalized spacial score (nSPS) is 14.2. The number of rotatable bonds is 3. The maximum Gasteiger partial charge on any atom is 0.123 e. The Morgan fingerprint density at radius 3 is 2.11 bits per heavy atom. The van der Waals surface area contributed by atoms with Crippen molar-refractivity contribution in [1.82, 2.24) is 0 Å². The van der Waals surface area contributed by atoms with E-state index in [1.807, 2.05) is 0 Å². The van der Waals surface area contributed by atoms with Crippen molar-refractivity contribution in [2.24, 2.45) is 11.5 Å². The standard InChI is InChI=1S/C14H15FN2O/c15-11-6-4-9(5-7-11)13(16)14(17)10-2-1-3-12(18)8-10/h1-8,13-14,18H,16-17H2. The molecule has 2 unspecified atom stereocenters. The molecule has 2 aromatic carbocycles. The lowest BCUT2D eigenvalue weighted by Crippen LogP contribution is -2.26. The highest BCUT2D eigenvalue weighted by atomic mass is 19.1. The van der Waals surface area contributed by atoms with Crippen LogP contribution in [-0.2, 0) is 0 Å². The van der Waals surface area contributed by atoms with Crippen LogP contribution in [0.2, 0.25) is 0 Å². The molecule has 18 heavy (non-hydrogen) atoms. The predicted octanol–water partition coefficient (Wildman–Crippen LogP) is 2.23. The number of phenolic OH excluding ortho intramolecular Hbond substituents is 1. The summed E-state index contributed by atoms with van der Waals surface area (Å²) in [4.78, 5) is 0. The van der Waals surface area contributed by atoms with Gasteiger partial charge in [0.15, 0.2) is 0 Å². The van der Waals surface area contributed by atoms with E-state index in [9.17, 15) is 9.50 Å². The first kappa shape index (κ1) is 12.5. The summed E-state index contributed by atoms with van der Waals surface area (Å²) in [6.45, 7) is 0. The SMILES string of the molecule is NC(c1ccc(F)cc1)C(N)c1cccc(O)c1. The lowest BCUT2D eigenvalue weighted by Gasteiger charge is -2.20. The average Bonchev–Trinajstić information content (AvgIpc) is 2.38. The van der Waals surface area contributed by atoms with Crippen molar-refractivity contribution in [3.8, 4) is 5.75 Å². The lowest BCUT2D eigenvalue weighted by atomic mass is 9.95. The third kappa shape index (κ3) is 2.67. The molecule has 0 heterocycles. The van der Waals surface area contributed by atoms with Gasteiger partial charge in [-0.2, -0.15) is 0 Å². The molecule has 0 aliphatic rings. The summed E-state index contributed by atoms with van der Waals surface area (Å²) in [5.41, 5.74) is 13.6. The molecule has 0 aliphatic heterocycles. The van der Waals surface area contributed by atoms with Crippen LogP contribution in [0.25, 0.3) is 0 Å². The van der Waals surface area contributed by atoms with Crippen LogP contribution in [0, 0.1) is 5.82 Å². The van der Waals surface area contributed by atoms with E-state index in [-0.39, 0.29) is 11.6 Å². The molecule has 0 aliphatic carbocycles. The molecule has 0 fully saturated rings. The maximum atomic E-state index is 12.8. The molecule has 2 rings (SSSR count). The first-order chi connectivity index (χ1) is 8.58. The number of aromatic hydroxyl groups is 1. The minimum absolute atomic E-state index is 0.147. The molecule has 0 aromatic heterocycles. The predicted molar refractivity (Wildman–Crippen MR) is 68.4 cm³/mol. The van der Waals surface area contributed by atoms with Crippen LogP contribution in [0.4, 0.5) is 4.39 Å². The third-order valence-electron chi connectivity index (χ3n) is 2.90. The Kier molecular flexibility index (Phi) is 3.60. The summed E-state index contributed by atoms with van der Waals surface area (Å²) in [5, 5.41) is 9.40. The van der Waals surface area contributed by atoms with Gasteiger partial charge in [0, 0.05) is 12.1 Å². The molecule has 3 nitrogen and oxygen atoms in total. The Hall–Kier alpha value is -1.91. The molecule has 0 saturated heterocycles. The number of phenols is 1. The van der Waals surface area contributed by atoms with E-state index in [1.54, 1.807) is 36.4 Å². The Labute approximate surface area is 105 Å². The summed E-state index contributed by atoms with van der Waals surface area (Å²) in [6.07, 6.45) is 0. The summed E-state index contributed by atoms with van der Waals surface area (Å²) in [5.74, 6) is -0.161. The van der Waals surface area contributed by atoms with Gasteiger partial charge in [-0.05, 0) is 35.4 Å². The van der Waals surface area contributed by atoms with E-state index in [0.717, 1.165) is 11.1 Å². The van der Waals surface area contributed by atoms with Gasteiger partial charge in [-0.3, -0.25) is 0 Å². The fraction of sp³-hybridized carbons (Fsp3) is 0.143. The van der Waals surface area contributed by atoms with Crippen molar-refractivity contribution in [3.05, 3.63) is 65.5 Å². The van der Waals surface area contributed by atoms with Gasteiger partial charge in [0.2, 0.25) is 0 Å². The smallest absolute Gasteiger partial charge is 0.123 e. The van der Waals surface area contributed by atoms with Crippen molar-refractivity contribution in [3.63, 3.8) is 0 Å². The van der Waals surface area contributed by atoms with Crippen molar-refractivity contribution in [2.45, 2.75) is 12.1 Å². The van der Waals surface area contributed by atoms with Gasteiger partial charge < -0.3 is 16.6 Å². The van der Waals surface area contributed by atoms with Crippen LogP contribution in [0.5, 0.6) is 5.75 Å². The zero-order chi connectivity index (χ0) is 13.1. The summed E-state index contributed by atoms with van der Waals surface area (Å²) >= 11 is 0. The molecule has 2 aromatic rings.